The first-order chi connectivity index (χ1) is 10.0. The number of carboxylic acid groups (broad SMARTS) is 1. The smallest absolute Gasteiger partial charge is 0.364 e. The molecular weight excluding hydrogens is 360 g/mol. The molecule has 0 unspecified atom stereocenters. The zero-order valence-electron chi connectivity index (χ0n) is 10.3. The molecule has 7 nitrogen and oxygen atoms in total. The molecule has 21 heavy (non-hydrogen) atoms. The highest BCUT2D eigenvalue weighted by atomic mass is 79.9. The van der Waals surface area contributed by atoms with Crippen LogP contribution < -0.4 is 5.69 Å². The third-order valence-electron chi connectivity index (χ3n) is 2.64. The molecule has 1 aromatic carbocycles. The number of nitrogens with zero attached hydrogens (tertiary/aromatic N) is 3. The number of carboxylic acids is 1. The first-order valence-electron chi connectivity index (χ1n) is 5.70. The second-order valence-corrected chi connectivity index (χ2v) is 6.00. The van der Waals surface area contributed by atoms with E-state index in [1.54, 1.807) is 24.3 Å². The van der Waals surface area contributed by atoms with Gasteiger partial charge in [0, 0.05) is 9.37 Å². The molecule has 2 aromatic heterocycles. The molecule has 0 amide bonds. The summed E-state index contributed by atoms with van der Waals surface area (Å²) < 4.78 is 1.89. The Labute approximate surface area is 130 Å². The lowest BCUT2D eigenvalue weighted by atomic mass is 10.2. The van der Waals surface area contributed by atoms with Crippen molar-refractivity contribution in [2.24, 2.45) is 0 Å². The predicted molar refractivity (Wildman–Crippen MR) is 78.8 cm³/mol. The van der Waals surface area contributed by atoms with Gasteiger partial charge < -0.3 is 5.11 Å². The van der Waals surface area contributed by atoms with Crippen LogP contribution in [0.25, 0.3) is 5.65 Å². The highest BCUT2D eigenvalue weighted by Crippen LogP contribution is 2.31. The fourth-order valence-corrected chi connectivity index (χ4v) is 3.16. The first kappa shape index (κ1) is 13.8. The largest absolute Gasteiger partial charge is 0.478 e. The number of fused-ring (bicyclic) bond motifs is 1. The minimum atomic E-state index is -1.02. The summed E-state index contributed by atoms with van der Waals surface area (Å²) in [4.78, 5) is 23.2. The number of aromatic amines is 1. The Morgan fingerprint density at radius 3 is 2.90 bits per heavy atom. The Kier molecular flexibility index (Phi) is 3.52. The molecule has 9 heteroatoms. The van der Waals surface area contributed by atoms with Crippen LogP contribution in [-0.4, -0.2) is 30.9 Å². The van der Waals surface area contributed by atoms with E-state index < -0.39 is 11.7 Å². The minimum absolute atomic E-state index is 0.171. The van der Waals surface area contributed by atoms with Crippen molar-refractivity contribution in [3.63, 3.8) is 0 Å². The van der Waals surface area contributed by atoms with E-state index in [1.807, 2.05) is 0 Å². The molecule has 3 aromatic rings. The van der Waals surface area contributed by atoms with E-state index in [-0.39, 0.29) is 5.56 Å². The van der Waals surface area contributed by atoms with Gasteiger partial charge in [-0.05, 0) is 30.3 Å². The molecule has 0 bridgehead atoms. The van der Waals surface area contributed by atoms with Crippen LogP contribution in [0.15, 0.2) is 49.5 Å². The molecule has 106 valence electrons. The molecule has 0 aliphatic carbocycles. The third-order valence-corrected chi connectivity index (χ3v) is 4.12. The number of benzene rings is 1. The van der Waals surface area contributed by atoms with Crippen LogP contribution in [0.4, 0.5) is 0 Å². The van der Waals surface area contributed by atoms with Crippen molar-refractivity contribution in [2.75, 3.05) is 0 Å². The van der Waals surface area contributed by atoms with Crippen molar-refractivity contribution >= 4 is 39.3 Å². The summed E-state index contributed by atoms with van der Waals surface area (Å²) in [6.45, 7) is 0. The number of rotatable bonds is 3. The first-order valence-corrected chi connectivity index (χ1v) is 7.31. The van der Waals surface area contributed by atoms with E-state index in [1.165, 1.54) is 6.07 Å². The lowest BCUT2D eigenvalue weighted by Crippen LogP contribution is -2.12. The lowest BCUT2D eigenvalue weighted by Gasteiger charge is -2.05. The quantitative estimate of drug-likeness (QED) is 0.735. The number of halogens is 1. The van der Waals surface area contributed by atoms with E-state index in [0.29, 0.717) is 15.6 Å². The Morgan fingerprint density at radius 2 is 2.14 bits per heavy atom. The highest BCUT2D eigenvalue weighted by molar-refractivity contribution is 9.10. The Balaban J connectivity index is 2.05. The van der Waals surface area contributed by atoms with E-state index >= 15 is 0 Å². The number of nitrogens with one attached hydrogen (secondary N) is 1. The monoisotopic (exact) mass is 366 g/mol. The summed E-state index contributed by atoms with van der Waals surface area (Å²) >= 11 is 4.47. The predicted octanol–water partition coefficient (Wildman–Crippen LogP) is 2.03. The summed E-state index contributed by atoms with van der Waals surface area (Å²) in [6.07, 6.45) is 0. The average molecular weight is 367 g/mol. The highest BCUT2D eigenvalue weighted by Gasteiger charge is 2.13. The van der Waals surface area contributed by atoms with Crippen LogP contribution >= 0.6 is 27.7 Å². The Bertz CT molecular complexity index is 905. The van der Waals surface area contributed by atoms with Crippen LogP contribution in [0, 0.1) is 0 Å². The van der Waals surface area contributed by atoms with Gasteiger partial charge >= 0.3 is 11.7 Å². The van der Waals surface area contributed by atoms with Crippen molar-refractivity contribution in [2.45, 2.75) is 9.92 Å². The van der Waals surface area contributed by atoms with Crippen LogP contribution in [0.3, 0.4) is 0 Å². The Morgan fingerprint density at radius 1 is 1.33 bits per heavy atom. The van der Waals surface area contributed by atoms with E-state index in [9.17, 15) is 14.7 Å². The zero-order valence-corrected chi connectivity index (χ0v) is 12.7. The second-order valence-electron chi connectivity index (χ2n) is 4.02. The van der Waals surface area contributed by atoms with Gasteiger partial charge in [0.05, 0.1) is 5.56 Å². The molecule has 3 rings (SSSR count). The van der Waals surface area contributed by atoms with E-state index in [0.717, 1.165) is 20.8 Å². The average Bonchev–Trinajstić information content (AvgIpc) is 2.80. The minimum Gasteiger partial charge on any atom is -0.478 e. The van der Waals surface area contributed by atoms with Gasteiger partial charge in [0.2, 0.25) is 0 Å². The lowest BCUT2D eigenvalue weighted by molar-refractivity contribution is 0.0693. The van der Waals surface area contributed by atoms with Crippen LogP contribution in [-0.2, 0) is 0 Å². The van der Waals surface area contributed by atoms with Crippen molar-refractivity contribution in [1.82, 2.24) is 19.8 Å². The summed E-state index contributed by atoms with van der Waals surface area (Å²) in [5.41, 5.74) is 0.127. The van der Waals surface area contributed by atoms with Gasteiger partial charge in [-0.25, -0.2) is 14.7 Å². The van der Waals surface area contributed by atoms with Gasteiger partial charge in [-0.2, -0.15) is 14.7 Å². The number of hydrogen-bond donors (Lipinski definition) is 2. The molecule has 0 atom stereocenters. The van der Waals surface area contributed by atoms with Crippen molar-refractivity contribution in [3.8, 4) is 0 Å². The molecule has 0 aliphatic rings. The van der Waals surface area contributed by atoms with Gasteiger partial charge in [0.1, 0.15) is 5.03 Å². The van der Waals surface area contributed by atoms with Gasteiger partial charge in [-0.15, -0.1) is 0 Å². The van der Waals surface area contributed by atoms with Crippen LogP contribution in [0.5, 0.6) is 0 Å². The fraction of sp³-hybridized carbons (Fsp3) is 0. The van der Waals surface area contributed by atoms with Gasteiger partial charge in [0.15, 0.2) is 5.65 Å². The third kappa shape index (κ3) is 2.69. The number of aromatic nitrogens is 4. The van der Waals surface area contributed by atoms with Gasteiger partial charge in [-0.1, -0.05) is 27.7 Å². The van der Waals surface area contributed by atoms with Crippen molar-refractivity contribution < 1.29 is 9.90 Å². The number of H-pyrrole nitrogens is 1. The van der Waals surface area contributed by atoms with E-state index in [2.05, 4.69) is 31.2 Å². The summed E-state index contributed by atoms with van der Waals surface area (Å²) in [7, 11) is 0. The fourth-order valence-electron chi connectivity index (χ4n) is 1.71. The number of hydrogen-bond acceptors (Lipinski definition) is 5. The molecule has 0 saturated heterocycles. The SMILES string of the molecule is O=C(O)c1ccc(Br)cc1Sc1ccc2n[nH]c(=O)n2n1. The molecule has 0 aliphatic heterocycles. The maximum Gasteiger partial charge on any atom is 0.364 e. The standard InChI is InChI=1S/C12H7BrN4O3S/c13-6-1-2-7(11(18)19)8(5-6)21-10-4-3-9-14-15-12(20)17(9)16-10/h1-5H,(H,15,20)(H,18,19). The van der Waals surface area contributed by atoms with Crippen molar-refractivity contribution in [3.05, 3.63) is 50.9 Å². The summed E-state index contributed by atoms with van der Waals surface area (Å²) in [6, 6.07) is 8.17. The molecule has 0 saturated carbocycles. The molecule has 2 heterocycles. The summed E-state index contributed by atoms with van der Waals surface area (Å²) in [5.74, 6) is -1.02. The molecular formula is C12H7BrN4O3S. The van der Waals surface area contributed by atoms with Crippen LogP contribution in [0.2, 0.25) is 0 Å². The van der Waals surface area contributed by atoms with Crippen molar-refractivity contribution in [1.29, 1.82) is 0 Å². The molecule has 0 radical (unpaired) electrons. The van der Waals surface area contributed by atoms with E-state index in [4.69, 9.17) is 0 Å². The maximum absolute atomic E-state index is 11.5. The molecule has 0 spiro atoms. The Hall–Kier alpha value is -2.13. The topological polar surface area (TPSA) is 100 Å². The maximum atomic E-state index is 11.5. The number of carbonyl (C=O) groups is 1. The molecule has 2 N–H and O–H groups in total. The van der Waals surface area contributed by atoms with Crippen LogP contribution in [0.1, 0.15) is 10.4 Å². The van der Waals surface area contributed by atoms with Gasteiger partial charge in [-0.3, -0.25) is 0 Å². The summed E-state index contributed by atoms with van der Waals surface area (Å²) in [5, 5.41) is 19.9. The second kappa shape index (κ2) is 5.34. The number of aromatic carboxylic acids is 1. The normalized spacial score (nSPS) is 10.9. The van der Waals surface area contributed by atoms with Gasteiger partial charge in [0.25, 0.3) is 0 Å². The zero-order chi connectivity index (χ0) is 15.0. The molecule has 0 fully saturated rings.